The van der Waals surface area contributed by atoms with Gasteiger partial charge in [0.15, 0.2) is 5.82 Å². The molecule has 0 radical (unpaired) electrons. The molecule has 0 spiro atoms. The van der Waals surface area contributed by atoms with Gasteiger partial charge in [-0.05, 0) is 18.2 Å². The van der Waals surface area contributed by atoms with Crippen molar-refractivity contribution in [3.05, 3.63) is 63.7 Å². The lowest BCUT2D eigenvalue weighted by Crippen LogP contribution is -2.20. The Bertz CT molecular complexity index is 1130. The minimum absolute atomic E-state index is 0.00390. The molecule has 9 heteroatoms. The van der Waals surface area contributed by atoms with E-state index in [4.69, 9.17) is 5.73 Å². The molecule has 0 aliphatic rings. The van der Waals surface area contributed by atoms with Gasteiger partial charge in [0.05, 0.1) is 28.0 Å². The van der Waals surface area contributed by atoms with E-state index in [1.54, 1.807) is 0 Å². The summed E-state index contributed by atoms with van der Waals surface area (Å²) >= 11 is 0. The Labute approximate surface area is 144 Å². The predicted molar refractivity (Wildman–Crippen MR) is 90.3 cm³/mol. The lowest BCUT2D eigenvalue weighted by atomic mass is 10.1. The number of aromatic nitrogens is 1. The van der Waals surface area contributed by atoms with Crippen LogP contribution in [0.2, 0.25) is 0 Å². The van der Waals surface area contributed by atoms with Crippen molar-refractivity contribution in [1.29, 1.82) is 0 Å². The van der Waals surface area contributed by atoms with Gasteiger partial charge in [-0.3, -0.25) is 4.79 Å². The van der Waals surface area contributed by atoms with E-state index in [0.717, 1.165) is 16.8 Å². The van der Waals surface area contributed by atoms with Gasteiger partial charge >= 0.3 is 5.97 Å². The highest BCUT2D eigenvalue weighted by molar-refractivity contribution is 5.94. The van der Waals surface area contributed by atoms with Crippen LogP contribution in [0.4, 0.5) is 24.5 Å². The first-order valence-corrected chi connectivity index (χ1v) is 7.30. The Morgan fingerprint density at radius 1 is 1.19 bits per heavy atom. The van der Waals surface area contributed by atoms with Gasteiger partial charge in [0.1, 0.15) is 17.2 Å². The summed E-state index contributed by atoms with van der Waals surface area (Å²) in [6.07, 6.45) is 0.783. The number of nitrogens with zero attached hydrogens (tertiary/aromatic N) is 1. The minimum atomic E-state index is -1.57. The molecule has 0 bridgehead atoms. The molecule has 3 rings (SSSR count). The maximum Gasteiger partial charge on any atom is 0.341 e. The summed E-state index contributed by atoms with van der Waals surface area (Å²) < 4.78 is 43.4. The van der Waals surface area contributed by atoms with Crippen LogP contribution in [0.1, 0.15) is 10.4 Å². The smallest absolute Gasteiger partial charge is 0.341 e. The van der Waals surface area contributed by atoms with Crippen molar-refractivity contribution in [2.75, 3.05) is 18.1 Å². The molecule has 0 aliphatic carbocycles. The monoisotopic (exact) mass is 363 g/mol. The van der Waals surface area contributed by atoms with E-state index in [1.807, 2.05) is 0 Å². The molecule has 6 nitrogen and oxygen atoms in total. The summed E-state index contributed by atoms with van der Waals surface area (Å²) in [6, 6.07) is 3.87. The number of nitrogens with one attached hydrogen (secondary N) is 1. The molecule has 3 aromatic rings. The molecule has 2 aromatic carbocycles. The Balaban J connectivity index is 2.55. The fourth-order valence-electron chi connectivity index (χ4n) is 2.65. The molecule has 1 aromatic heterocycles. The molecule has 0 saturated carbocycles. The molecule has 0 amide bonds. The number of nitrogen functional groups attached to an aromatic ring is 1. The molecule has 134 valence electrons. The van der Waals surface area contributed by atoms with E-state index in [-0.39, 0.29) is 16.6 Å². The fraction of sp³-hybridized carbons (Fsp3) is 0.0588. The number of pyridine rings is 1. The lowest BCUT2D eigenvalue weighted by molar-refractivity contribution is 0.0695. The Kier molecular flexibility index (Phi) is 4.07. The third-order valence-electron chi connectivity index (χ3n) is 3.93. The van der Waals surface area contributed by atoms with Crippen LogP contribution in [-0.2, 0) is 0 Å². The van der Waals surface area contributed by atoms with Crippen molar-refractivity contribution >= 4 is 28.2 Å². The number of hydrogen-bond acceptors (Lipinski definition) is 4. The number of aromatic carboxylic acids is 1. The normalized spacial score (nSPS) is 10.9. The molecular formula is C17H12F3N3O3. The van der Waals surface area contributed by atoms with Gasteiger partial charge in [0.25, 0.3) is 0 Å². The quantitative estimate of drug-likeness (QED) is 0.622. The summed E-state index contributed by atoms with van der Waals surface area (Å²) in [5.41, 5.74) is 2.65. The molecule has 4 N–H and O–H groups in total. The first-order valence-electron chi connectivity index (χ1n) is 7.30. The molecular weight excluding hydrogens is 351 g/mol. The number of hydrogen-bond donors (Lipinski definition) is 3. The average molecular weight is 363 g/mol. The Hall–Kier alpha value is -3.49. The maximum absolute atomic E-state index is 14.8. The average Bonchev–Trinajstić information content (AvgIpc) is 2.59. The number of nitrogens with two attached hydrogens (primary N) is 1. The van der Waals surface area contributed by atoms with E-state index in [9.17, 15) is 27.9 Å². The van der Waals surface area contributed by atoms with Crippen LogP contribution in [0.3, 0.4) is 0 Å². The van der Waals surface area contributed by atoms with Crippen LogP contribution >= 0.6 is 0 Å². The summed E-state index contributed by atoms with van der Waals surface area (Å²) in [5.74, 6) is -4.60. The Morgan fingerprint density at radius 3 is 2.50 bits per heavy atom. The van der Waals surface area contributed by atoms with E-state index >= 15 is 0 Å². The van der Waals surface area contributed by atoms with Crippen LogP contribution < -0.4 is 16.5 Å². The summed E-state index contributed by atoms with van der Waals surface area (Å²) in [5, 5.41) is 11.5. The van der Waals surface area contributed by atoms with Crippen molar-refractivity contribution < 1.29 is 23.1 Å². The Morgan fingerprint density at radius 2 is 1.88 bits per heavy atom. The second kappa shape index (κ2) is 6.10. The highest BCUT2D eigenvalue weighted by Crippen LogP contribution is 2.28. The second-order valence-corrected chi connectivity index (χ2v) is 5.45. The first-order chi connectivity index (χ1) is 12.3. The zero-order valence-corrected chi connectivity index (χ0v) is 13.3. The van der Waals surface area contributed by atoms with Crippen LogP contribution in [0, 0.1) is 17.5 Å². The van der Waals surface area contributed by atoms with Crippen molar-refractivity contribution in [3.63, 3.8) is 0 Å². The number of carbonyl (C=O) groups is 1. The van der Waals surface area contributed by atoms with Crippen molar-refractivity contribution in [3.8, 4) is 5.69 Å². The molecule has 0 unspecified atom stereocenters. The van der Waals surface area contributed by atoms with E-state index < -0.39 is 45.8 Å². The van der Waals surface area contributed by atoms with Gasteiger partial charge in [-0.1, -0.05) is 0 Å². The first kappa shape index (κ1) is 17.3. The zero-order chi connectivity index (χ0) is 19.2. The van der Waals surface area contributed by atoms with Gasteiger partial charge in [0, 0.05) is 19.3 Å². The van der Waals surface area contributed by atoms with Gasteiger partial charge in [-0.15, -0.1) is 0 Å². The maximum atomic E-state index is 14.8. The van der Waals surface area contributed by atoms with Crippen molar-refractivity contribution in [2.24, 2.45) is 0 Å². The summed E-state index contributed by atoms with van der Waals surface area (Å²) in [7, 11) is 1.44. The number of halogens is 3. The second-order valence-electron chi connectivity index (χ2n) is 5.45. The molecule has 26 heavy (non-hydrogen) atoms. The van der Waals surface area contributed by atoms with Crippen molar-refractivity contribution in [1.82, 2.24) is 4.57 Å². The number of carboxylic acids is 1. The number of rotatable bonds is 3. The highest BCUT2D eigenvalue weighted by Gasteiger charge is 2.21. The molecule has 0 fully saturated rings. The molecule has 0 saturated heterocycles. The molecule has 0 atom stereocenters. The number of anilines is 2. The standard InChI is InChI=1S/C17H12F3N3O3/c1-22-12-3-2-7-15(14(12)20)23(6-8(16(7)24)17(25)26)13-5-11(21)9(18)4-10(13)19/h2-6,22H,21H2,1H3,(H,25,26). The number of benzene rings is 2. The largest absolute Gasteiger partial charge is 0.477 e. The summed E-state index contributed by atoms with van der Waals surface area (Å²) in [6.45, 7) is 0. The van der Waals surface area contributed by atoms with E-state index in [1.165, 1.54) is 19.2 Å². The number of carboxylic acid groups (broad SMARTS) is 1. The number of fused-ring (bicyclic) bond motifs is 1. The minimum Gasteiger partial charge on any atom is -0.477 e. The third kappa shape index (κ3) is 2.53. The van der Waals surface area contributed by atoms with Crippen LogP contribution in [0.15, 0.2) is 35.3 Å². The fourth-order valence-corrected chi connectivity index (χ4v) is 2.65. The topological polar surface area (TPSA) is 97.4 Å². The van der Waals surface area contributed by atoms with Crippen LogP contribution in [-0.4, -0.2) is 22.7 Å². The van der Waals surface area contributed by atoms with Crippen LogP contribution in [0.25, 0.3) is 16.6 Å². The third-order valence-corrected chi connectivity index (χ3v) is 3.93. The zero-order valence-electron chi connectivity index (χ0n) is 13.3. The van der Waals surface area contributed by atoms with Gasteiger partial charge in [-0.25, -0.2) is 18.0 Å². The summed E-state index contributed by atoms with van der Waals surface area (Å²) in [4.78, 5) is 23.7. The molecule has 0 aliphatic heterocycles. The van der Waals surface area contributed by atoms with Gasteiger partial charge in [0.2, 0.25) is 5.43 Å². The highest BCUT2D eigenvalue weighted by atomic mass is 19.1. The van der Waals surface area contributed by atoms with Gasteiger partial charge in [-0.2, -0.15) is 0 Å². The predicted octanol–water partition coefficient (Wildman–Crippen LogP) is 2.73. The van der Waals surface area contributed by atoms with E-state index in [0.29, 0.717) is 6.07 Å². The van der Waals surface area contributed by atoms with E-state index in [2.05, 4.69) is 5.32 Å². The SMILES string of the molecule is CNc1ccc2c(=O)c(C(=O)O)cn(-c3cc(N)c(F)cc3F)c2c1F. The van der Waals surface area contributed by atoms with Crippen LogP contribution in [0.5, 0.6) is 0 Å². The van der Waals surface area contributed by atoms with Gasteiger partial charge < -0.3 is 20.7 Å². The molecule has 1 heterocycles. The lowest BCUT2D eigenvalue weighted by Gasteiger charge is -2.16. The van der Waals surface area contributed by atoms with Crippen molar-refractivity contribution in [2.45, 2.75) is 0 Å².